The summed E-state index contributed by atoms with van der Waals surface area (Å²) in [5.41, 5.74) is 0.828. The van der Waals surface area contributed by atoms with Crippen molar-refractivity contribution in [3.8, 4) is 5.75 Å². The van der Waals surface area contributed by atoms with Gasteiger partial charge in [0.25, 0.3) is 0 Å². The van der Waals surface area contributed by atoms with Crippen LogP contribution in [0.3, 0.4) is 0 Å². The number of anilines is 1. The van der Waals surface area contributed by atoms with Crippen LogP contribution in [0, 0.1) is 5.82 Å². The van der Waals surface area contributed by atoms with E-state index >= 15 is 0 Å². The number of unbranched alkanes of at least 4 members (excludes halogenated alkanes) is 5. The molecular weight excluding hydrogens is 241 g/mol. The first-order chi connectivity index (χ1) is 9.27. The molecule has 0 spiro atoms. The zero-order valence-electron chi connectivity index (χ0n) is 12.2. The Morgan fingerprint density at radius 2 is 1.79 bits per heavy atom. The third-order valence-corrected chi connectivity index (χ3v) is 3.09. The standard InChI is InChI=1S/C16H26FNO/c1-3-5-6-7-8-9-12-18-14-10-11-16(19-4-2)15(17)13-14/h10-11,13,18H,3-9,12H2,1-2H3. The summed E-state index contributed by atoms with van der Waals surface area (Å²) in [5.74, 6) is 0.0300. The number of hydrogen-bond acceptors (Lipinski definition) is 2. The molecule has 108 valence electrons. The minimum atomic E-state index is -0.296. The molecule has 1 aromatic carbocycles. The van der Waals surface area contributed by atoms with Gasteiger partial charge in [-0.15, -0.1) is 0 Å². The van der Waals surface area contributed by atoms with Gasteiger partial charge in [-0.25, -0.2) is 4.39 Å². The summed E-state index contributed by atoms with van der Waals surface area (Å²) in [4.78, 5) is 0. The van der Waals surface area contributed by atoms with Crippen molar-refractivity contribution in [3.05, 3.63) is 24.0 Å². The van der Waals surface area contributed by atoms with Crippen molar-refractivity contribution in [1.29, 1.82) is 0 Å². The second-order valence-corrected chi connectivity index (χ2v) is 4.77. The molecule has 0 aliphatic carbocycles. The maximum atomic E-state index is 13.6. The average Bonchev–Trinajstić information content (AvgIpc) is 2.41. The highest BCUT2D eigenvalue weighted by atomic mass is 19.1. The Morgan fingerprint density at radius 3 is 2.47 bits per heavy atom. The average molecular weight is 267 g/mol. The van der Waals surface area contributed by atoms with Gasteiger partial charge in [-0.05, 0) is 25.5 Å². The van der Waals surface area contributed by atoms with Gasteiger partial charge in [-0.3, -0.25) is 0 Å². The Hall–Kier alpha value is -1.25. The van der Waals surface area contributed by atoms with E-state index in [1.54, 1.807) is 6.07 Å². The van der Waals surface area contributed by atoms with E-state index in [0.29, 0.717) is 12.4 Å². The topological polar surface area (TPSA) is 21.3 Å². The minimum Gasteiger partial charge on any atom is -0.491 e. The first-order valence-electron chi connectivity index (χ1n) is 7.44. The normalized spacial score (nSPS) is 10.5. The fourth-order valence-corrected chi connectivity index (χ4v) is 2.02. The summed E-state index contributed by atoms with van der Waals surface area (Å²) in [6.07, 6.45) is 7.62. The molecule has 1 rings (SSSR count). The van der Waals surface area contributed by atoms with Crippen molar-refractivity contribution < 1.29 is 9.13 Å². The van der Waals surface area contributed by atoms with Crippen molar-refractivity contribution >= 4 is 5.69 Å². The Labute approximate surface area is 116 Å². The molecular formula is C16H26FNO. The summed E-state index contributed by atoms with van der Waals surface area (Å²) in [6, 6.07) is 5.05. The van der Waals surface area contributed by atoms with Crippen LogP contribution < -0.4 is 10.1 Å². The second kappa shape index (κ2) is 9.65. The van der Waals surface area contributed by atoms with Gasteiger partial charge in [-0.1, -0.05) is 39.0 Å². The largest absolute Gasteiger partial charge is 0.491 e. The SMILES string of the molecule is CCCCCCCCNc1ccc(OCC)c(F)c1. The minimum absolute atomic E-state index is 0.296. The summed E-state index contributed by atoms with van der Waals surface area (Å²) in [5, 5.41) is 3.25. The van der Waals surface area contributed by atoms with E-state index in [-0.39, 0.29) is 5.82 Å². The van der Waals surface area contributed by atoms with Gasteiger partial charge >= 0.3 is 0 Å². The third kappa shape index (κ3) is 6.46. The highest BCUT2D eigenvalue weighted by Crippen LogP contribution is 2.21. The van der Waals surface area contributed by atoms with Gasteiger partial charge in [0.2, 0.25) is 0 Å². The Balaban J connectivity index is 2.20. The molecule has 0 radical (unpaired) electrons. The van der Waals surface area contributed by atoms with Gasteiger partial charge in [0, 0.05) is 18.3 Å². The lowest BCUT2D eigenvalue weighted by molar-refractivity contribution is 0.321. The van der Waals surface area contributed by atoms with Gasteiger partial charge in [0.05, 0.1) is 6.61 Å². The number of benzene rings is 1. The van der Waals surface area contributed by atoms with Crippen molar-refractivity contribution in [3.63, 3.8) is 0 Å². The lowest BCUT2D eigenvalue weighted by Crippen LogP contribution is -2.02. The van der Waals surface area contributed by atoms with Crippen LogP contribution >= 0.6 is 0 Å². The number of ether oxygens (including phenoxy) is 1. The Kier molecular flexibility index (Phi) is 8.03. The molecule has 0 unspecified atom stereocenters. The number of nitrogens with one attached hydrogen (secondary N) is 1. The molecule has 19 heavy (non-hydrogen) atoms. The van der Waals surface area contributed by atoms with Crippen LogP contribution in [0.15, 0.2) is 18.2 Å². The van der Waals surface area contributed by atoms with E-state index in [1.807, 2.05) is 13.0 Å². The third-order valence-electron chi connectivity index (χ3n) is 3.09. The van der Waals surface area contributed by atoms with Crippen LogP contribution in [0.25, 0.3) is 0 Å². The summed E-state index contributed by atoms with van der Waals surface area (Å²) in [6.45, 7) is 5.47. The molecule has 3 heteroatoms. The molecule has 0 atom stereocenters. The molecule has 0 saturated carbocycles. The van der Waals surface area contributed by atoms with Crippen LogP contribution in [0.2, 0.25) is 0 Å². The van der Waals surface area contributed by atoms with Crippen molar-refractivity contribution in [2.45, 2.75) is 52.4 Å². The summed E-state index contributed by atoms with van der Waals surface area (Å²) in [7, 11) is 0. The quantitative estimate of drug-likeness (QED) is 0.602. The van der Waals surface area contributed by atoms with Gasteiger partial charge in [-0.2, -0.15) is 0 Å². The molecule has 2 nitrogen and oxygen atoms in total. The molecule has 0 heterocycles. The van der Waals surface area contributed by atoms with Gasteiger partial charge in [0.15, 0.2) is 11.6 Å². The number of rotatable bonds is 10. The maximum Gasteiger partial charge on any atom is 0.167 e. The van der Waals surface area contributed by atoms with E-state index in [2.05, 4.69) is 12.2 Å². The fourth-order valence-electron chi connectivity index (χ4n) is 2.02. The zero-order chi connectivity index (χ0) is 13.9. The molecule has 1 aromatic rings. The van der Waals surface area contributed by atoms with E-state index in [0.717, 1.165) is 18.7 Å². The van der Waals surface area contributed by atoms with Crippen molar-refractivity contribution in [2.24, 2.45) is 0 Å². The van der Waals surface area contributed by atoms with Crippen molar-refractivity contribution in [2.75, 3.05) is 18.5 Å². The molecule has 0 amide bonds. The molecule has 0 aliphatic rings. The predicted molar refractivity (Wildman–Crippen MR) is 79.4 cm³/mol. The van der Waals surface area contributed by atoms with Crippen LogP contribution in [-0.4, -0.2) is 13.2 Å². The molecule has 0 saturated heterocycles. The Morgan fingerprint density at radius 1 is 1.05 bits per heavy atom. The summed E-state index contributed by atoms with van der Waals surface area (Å²) >= 11 is 0. The van der Waals surface area contributed by atoms with Crippen LogP contribution in [0.5, 0.6) is 5.75 Å². The van der Waals surface area contributed by atoms with Crippen molar-refractivity contribution in [1.82, 2.24) is 0 Å². The maximum absolute atomic E-state index is 13.6. The molecule has 0 aromatic heterocycles. The van der Waals surface area contributed by atoms with Crippen LogP contribution in [0.4, 0.5) is 10.1 Å². The zero-order valence-corrected chi connectivity index (χ0v) is 12.2. The molecule has 0 fully saturated rings. The second-order valence-electron chi connectivity index (χ2n) is 4.77. The van der Waals surface area contributed by atoms with E-state index in [4.69, 9.17) is 4.74 Å². The van der Waals surface area contributed by atoms with Gasteiger partial charge < -0.3 is 10.1 Å². The fraction of sp³-hybridized carbons (Fsp3) is 0.625. The highest BCUT2D eigenvalue weighted by molar-refractivity contribution is 5.47. The van der Waals surface area contributed by atoms with Gasteiger partial charge in [0.1, 0.15) is 0 Å². The molecule has 1 N–H and O–H groups in total. The monoisotopic (exact) mass is 267 g/mol. The van der Waals surface area contributed by atoms with Crippen LogP contribution in [-0.2, 0) is 0 Å². The summed E-state index contributed by atoms with van der Waals surface area (Å²) < 4.78 is 18.8. The lowest BCUT2D eigenvalue weighted by atomic mass is 10.1. The highest BCUT2D eigenvalue weighted by Gasteiger charge is 2.03. The van der Waals surface area contributed by atoms with E-state index < -0.39 is 0 Å². The predicted octanol–water partition coefficient (Wildman–Crippen LogP) is 5.00. The first kappa shape index (κ1) is 15.8. The Bertz CT molecular complexity index is 355. The number of halogens is 1. The number of hydrogen-bond donors (Lipinski definition) is 1. The molecule has 0 aliphatic heterocycles. The molecule has 0 bridgehead atoms. The van der Waals surface area contributed by atoms with E-state index in [9.17, 15) is 4.39 Å². The van der Waals surface area contributed by atoms with E-state index in [1.165, 1.54) is 38.2 Å². The smallest absolute Gasteiger partial charge is 0.167 e. The van der Waals surface area contributed by atoms with Crippen LogP contribution in [0.1, 0.15) is 52.4 Å². The first-order valence-corrected chi connectivity index (χ1v) is 7.44. The lowest BCUT2D eigenvalue weighted by Gasteiger charge is -2.09.